The summed E-state index contributed by atoms with van der Waals surface area (Å²) in [6, 6.07) is 2.25. The van der Waals surface area contributed by atoms with Crippen LogP contribution in [-0.4, -0.2) is 47.5 Å². The number of halogens is 2. The molecule has 0 aromatic heterocycles. The van der Waals surface area contributed by atoms with Crippen LogP contribution >= 0.6 is 0 Å². The van der Waals surface area contributed by atoms with Gasteiger partial charge < -0.3 is 16.0 Å². The van der Waals surface area contributed by atoms with Crippen LogP contribution in [-0.2, 0) is 4.79 Å². The first-order valence-electron chi connectivity index (χ1n) is 9.65. The lowest BCUT2D eigenvalue weighted by Gasteiger charge is -2.22. The molecular weight excluding hydrogens is 418 g/mol. The highest BCUT2D eigenvalue weighted by atomic mass is 19.3. The van der Waals surface area contributed by atoms with Crippen molar-refractivity contribution < 1.29 is 23.6 Å². The van der Waals surface area contributed by atoms with E-state index in [1.165, 1.54) is 23.2 Å². The van der Waals surface area contributed by atoms with Gasteiger partial charge in [0.1, 0.15) is 6.04 Å². The van der Waals surface area contributed by atoms with Gasteiger partial charge in [0.05, 0.1) is 6.04 Å². The minimum absolute atomic E-state index is 0.119. The number of hydrogen-bond donors (Lipinski definition) is 4. The molecule has 174 valence electrons. The normalized spacial score (nSPS) is 12.7. The maximum atomic E-state index is 12.8. The van der Waals surface area contributed by atoms with Crippen molar-refractivity contribution in [2.24, 2.45) is 5.73 Å². The van der Waals surface area contributed by atoms with E-state index < -0.39 is 30.3 Å². The highest BCUT2D eigenvalue weighted by Gasteiger charge is 2.33. The number of nitrogens with zero attached hydrogens (tertiary/aromatic N) is 1. The number of carbonyl (C=O) groups is 2. The Morgan fingerprint density at radius 3 is 2.38 bits per heavy atom. The van der Waals surface area contributed by atoms with E-state index in [-0.39, 0.29) is 5.56 Å². The van der Waals surface area contributed by atoms with Crippen LogP contribution in [0.25, 0.3) is 0 Å². The number of hydroxylamine groups is 1. The highest BCUT2D eigenvalue weighted by Crippen LogP contribution is 2.08. The molecule has 0 fully saturated rings. The maximum absolute atomic E-state index is 12.8. The molecule has 0 aliphatic carbocycles. The summed E-state index contributed by atoms with van der Waals surface area (Å²) < 4.78 is 25.6. The van der Waals surface area contributed by atoms with Crippen molar-refractivity contribution in [1.29, 1.82) is 0 Å². The molecule has 0 saturated heterocycles. The molecule has 0 radical (unpaired) electrons. The Balaban J connectivity index is 0.00000466. The molecule has 1 rings (SSSR count). The summed E-state index contributed by atoms with van der Waals surface area (Å²) >= 11 is 0. The molecule has 32 heavy (non-hydrogen) atoms. The SMILES string of the molecule is C=C.CC/C(C)=C/N(C)/C=C/C#Cc1ccc(C(=O)NC(C(=O)NO)C(N)C(F)F)cc1. The molecule has 0 bridgehead atoms. The molecule has 7 nitrogen and oxygen atoms in total. The first kappa shape index (κ1) is 28.5. The van der Waals surface area contributed by atoms with Crippen molar-refractivity contribution in [3.05, 3.63) is 72.6 Å². The fourth-order valence-corrected chi connectivity index (χ4v) is 2.24. The number of nitrogens with one attached hydrogen (secondary N) is 2. The standard InChI is InChI=1S/C21H26F2N4O3.C2H4/c1-4-14(2)13-27(3)12-6-5-7-15-8-10-16(11-9-15)20(28)25-18(21(29)26-30)17(24)19(22)23;1-2/h6,8-13,17-19,30H,4,24H2,1-3H3,(H,25,28)(H,26,29);1-2H2/b12-6+,14-13+;. The Labute approximate surface area is 187 Å². The number of allylic oxidation sites excluding steroid dienone is 2. The summed E-state index contributed by atoms with van der Waals surface area (Å²) in [5, 5.41) is 10.8. The predicted molar refractivity (Wildman–Crippen MR) is 121 cm³/mol. The number of amides is 2. The minimum atomic E-state index is -3.07. The first-order chi connectivity index (χ1) is 15.2. The molecular formula is C23H30F2N4O3. The van der Waals surface area contributed by atoms with Crippen molar-refractivity contribution in [2.75, 3.05) is 7.05 Å². The van der Waals surface area contributed by atoms with Gasteiger partial charge in [-0.05, 0) is 37.6 Å². The summed E-state index contributed by atoms with van der Waals surface area (Å²) in [5.74, 6) is 3.75. The van der Waals surface area contributed by atoms with Gasteiger partial charge in [0.2, 0.25) is 0 Å². The van der Waals surface area contributed by atoms with Gasteiger partial charge in [-0.15, -0.1) is 13.2 Å². The Morgan fingerprint density at radius 1 is 1.28 bits per heavy atom. The van der Waals surface area contributed by atoms with Crippen LogP contribution in [0.1, 0.15) is 36.2 Å². The second kappa shape index (κ2) is 15.3. The maximum Gasteiger partial charge on any atom is 0.267 e. The zero-order valence-corrected chi connectivity index (χ0v) is 18.4. The zero-order chi connectivity index (χ0) is 24.7. The van der Waals surface area contributed by atoms with E-state index in [1.54, 1.807) is 18.2 Å². The number of alkyl halides is 2. The van der Waals surface area contributed by atoms with Gasteiger partial charge >= 0.3 is 0 Å². The number of carbonyl (C=O) groups excluding carboxylic acids is 2. The minimum Gasteiger partial charge on any atom is -0.357 e. The highest BCUT2D eigenvalue weighted by molar-refractivity contribution is 5.97. The quantitative estimate of drug-likeness (QED) is 0.212. The van der Waals surface area contributed by atoms with E-state index in [9.17, 15) is 18.4 Å². The Hall–Kier alpha value is -3.48. The van der Waals surface area contributed by atoms with E-state index in [4.69, 9.17) is 10.9 Å². The molecule has 2 atom stereocenters. The molecule has 9 heteroatoms. The Kier molecular flexibility index (Phi) is 13.7. The van der Waals surface area contributed by atoms with Crippen LogP contribution in [0.5, 0.6) is 0 Å². The smallest absolute Gasteiger partial charge is 0.267 e. The molecule has 1 aromatic carbocycles. The molecule has 0 saturated carbocycles. The molecule has 0 aliphatic rings. The number of rotatable bonds is 8. The van der Waals surface area contributed by atoms with Gasteiger partial charge in [0.25, 0.3) is 18.2 Å². The third kappa shape index (κ3) is 10.0. The van der Waals surface area contributed by atoms with Crippen LogP contribution < -0.4 is 16.5 Å². The van der Waals surface area contributed by atoms with Crippen molar-refractivity contribution in [3.63, 3.8) is 0 Å². The fraction of sp³-hybridized carbons (Fsp3) is 0.304. The van der Waals surface area contributed by atoms with Gasteiger partial charge in [-0.2, -0.15) is 0 Å². The summed E-state index contributed by atoms with van der Waals surface area (Å²) in [6.45, 7) is 10.1. The van der Waals surface area contributed by atoms with Crippen LogP contribution in [0.3, 0.4) is 0 Å². The molecule has 0 heterocycles. The monoisotopic (exact) mass is 448 g/mol. The van der Waals surface area contributed by atoms with E-state index in [0.29, 0.717) is 5.56 Å². The molecule has 2 unspecified atom stereocenters. The average Bonchev–Trinajstić information content (AvgIpc) is 2.80. The van der Waals surface area contributed by atoms with Gasteiger partial charge in [-0.1, -0.05) is 24.3 Å². The first-order valence-corrected chi connectivity index (χ1v) is 9.65. The van der Waals surface area contributed by atoms with Crippen LogP contribution in [0.2, 0.25) is 0 Å². The van der Waals surface area contributed by atoms with E-state index in [1.807, 2.05) is 31.3 Å². The van der Waals surface area contributed by atoms with Crippen LogP contribution in [0, 0.1) is 11.8 Å². The molecule has 2 amide bonds. The van der Waals surface area contributed by atoms with E-state index in [0.717, 1.165) is 6.42 Å². The summed E-state index contributed by atoms with van der Waals surface area (Å²) in [4.78, 5) is 25.7. The lowest BCUT2D eigenvalue weighted by molar-refractivity contribution is -0.132. The molecule has 0 spiro atoms. The van der Waals surface area contributed by atoms with E-state index in [2.05, 4.69) is 37.2 Å². The van der Waals surface area contributed by atoms with Gasteiger partial charge in [0, 0.05) is 36.7 Å². The topological polar surface area (TPSA) is 108 Å². The summed E-state index contributed by atoms with van der Waals surface area (Å²) in [6.07, 6.45) is 3.38. The Morgan fingerprint density at radius 2 is 1.88 bits per heavy atom. The lowest BCUT2D eigenvalue weighted by atomic mass is 10.1. The second-order valence-electron chi connectivity index (χ2n) is 6.50. The number of hydrogen-bond acceptors (Lipinski definition) is 5. The Bertz CT molecular complexity index is 858. The van der Waals surface area contributed by atoms with Gasteiger partial charge in [-0.3, -0.25) is 14.8 Å². The number of nitrogens with two attached hydrogens (primary N) is 1. The second-order valence-corrected chi connectivity index (χ2v) is 6.50. The van der Waals surface area contributed by atoms with E-state index >= 15 is 0 Å². The predicted octanol–water partition coefficient (Wildman–Crippen LogP) is 2.80. The van der Waals surface area contributed by atoms with Gasteiger partial charge in [0.15, 0.2) is 0 Å². The van der Waals surface area contributed by atoms with Crippen molar-refractivity contribution in [2.45, 2.75) is 38.8 Å². The molecule has 5 N–H and O–H groups in total. The molecule has 1 aromatic rings. The average molecular weight is 449 g/mol. The third-order valence-corrected chi connectivity index (χ3v) is 4.09. The zero-order valence-electron chi connectivity index (χ0n) is 18.4. The van der Waals surface area contributed by atoms with Crippen molar-refractivity contribution in [3.8, 4) is 11.8 Å². The lowest BCUT2D eigenvalue weighted by Crippen LogP contribution is -2.58. The summed E-state index contributed by atoms with van der Waals surface area (Å²) in [7, 11) is 1.90. The van der Waals surface area contributed by atoms with Crippen LogP contribution in [0.15, 0.2) is 61.5 Å². The molecule has 0 aliphatic heterocycles. The van der Waals surface area contributed by atoms with Crippen molar-refractivity contribution in [1.82, 2.24) is 15.7 Å². The summed E-state index contributed by atoms with van der Waals surface area (Å²) in [5.41, 5.74) is 8.45. The number of benzene rings is 1. The fourth-order valence-electron chi connectivity index (χ4n) is 2.24. The van der Waals surface area contributed by atoms with Crippen LogP contribution in [0.4, 0.5) is 8.78 Å². The van der Waals surface area contributed by atoms with Gasteiger partial charge in [-0.25, -0.2) is 14.3 Å². The third-order valence-electron chi connectivity index (χ3n) is 4.09. The largest absolute Gasteiger partial charge is 0.357 e. The van der Waals surface area contributed by atoms with Crippen molar-refractivity contribution >= 4 is 11.8 Å².